The SMILES string of the molecule is COC(=O)c1ccc(N(/C(C)=N/S(=O)(=O)c2ccc(C)cc2)P2OCC(C)(C)CO2)cc1. The van der Waals surface area contributed by atoms with E-state index in [1.807, 2.05) is 20.8 Å². The van der Waals surface area contributed by atoms with Gasteiger partial charge in [0, 0.05) is 5.41 Å². The molecule has 0 aromatic heterocycles. The number of ether oxygens (including phenoxy) is 1. The summed E-state index contributed by atoms with van der Waals surface area (Å²) in [6, 6.07) is 13.0. The van der Waals surface area contributed by atoms with Gasteiger partial charge in [0.1, 0.15) is 5.84 Å². The molecule has 172 valence electrons. The van der Waals surface area contributed by atoms with Crippen LogP contribution in [0.5, 0.6) is 0 Å². The second-order valence-electron chi connectivity index (χ2n) is 8.23. The predicted molar refractivity (Wildman–Crippen MR) is 124 cm³/mol. The first-order valence-electron chi connectivity index (χ1n) is 9.95. The van der Waals surface area contributed by atoms with Gasteiger partial charge in [0.15, 0.2) is 0 Å². The predicted octanol–water partition coefficient (Wildman–Crippen LogP) is 4.70. The first kappa shape index (κ1) is 24.3. The lowest BCUT2D eigenvalue weighted by atomic mass is 9.97. The average molecular weight is 479 g/mol. The van der Waals surface area contributed by atoms with Gasteiger partial charge in [-0.3, -0.25) is 4.67 Å². The highest BCUT2D eigenvalue weighted by Gasteiger charge is 2.35. The molecule has 0 atom stereocenters. The van der Waals surface area contributed by atoms with E-state index < -0.39 is 24.5 Å². The van der Waals surface area contributed by atoms with E-state index in [0.717, 1.165) is 5.56 Å². The van der Waals surface area contributed by atoms with Crippen LogP contribution in [-0.2, 0) is 23.8 Å². The van der Waals surface area contributed by atoms with Crippen molar-refractivity contribution >= 4 is 36.0 Å². The molecule has 0 spiro atoms. The van der Waals surface area contributed by atoms with E-state index in [2.05, 4.69) is 4.40 Å². The molecule has 2 aromatic carbocycles. The van der Waals surface area contributed by atoms with E-state index in [9.17, 15) is 13.2 Å². The van der Waals surface area contributed by atoms with E-state index >= 15 is 0 Å². The number of esters is 1. The Morgan fingerprint density at radius 2 is 1.62 bits per heavy atom. The van der Waals surface area contributed by atoms with Crippen molar-refractivity contribution in [1.82, 2.24) is 0 Å². The van der Waals surface area contributed by atoms with Crippen molar-refractivity contribution in [1.29, 1.82) is 0 Å². The number of sulfonamides is 1. The normalized spacial score (nSPS) is 17.1. The summed E-state index contributed by atoms with van der Waals surface area (Å²) in [6.45, 7) is 8.43. The summed E-state index contributed by atoms with van der Waals surface area (Å²) in [7, 11) is -4.28. The molecule has 1 aliphatic rings. The number of benzene rings is 2. The van der Waals surface area contributed by atoms with E-state index in [4.69, 9.17) is 13.8 Å². The number of carbonyl (C=O) groups excluding carboxylic acids is 1. The lowest BCUT2D eigenvalue weighted by molar-refractivity contribution is 0.0600. The molecule has 3 rings (SSSR count). The first-order chi connectivity index (χ1) is 15.0. The standard InChI is InChI=1S/C22H27N2O6PS/c1-16-6-12-20(13-7-16)32(26,27)23-17(2)24(31-29-14-22(3,4)15-30-31)19-10-8-18(9-11-19)21(25)28-5/h6-13H,14-15H2,1-5H3/b23-17+. The minimum absolute atomic E-state index is 0.0998. The third kappa shape index (κ3) is 5.72. The quantitative estimate of drug-likeness (QED) is 0.266. The number of hydrogen-bond donors (Lipinski definition) is 0. The molecular weight excluding hydrogens is 451 g/mol. The Kier molecular flexibility index (Phi) is 7.35. The zero-order valence-corrected chi connectivity index (χ0v) is 20.4. The fourth-order valence-corrected chi connectivity index (χ4v) is 5.79. The molecule has 2 aromatic rings. The van der Waals surface area contributed by atoms with E-state index in [1.54, 1.807) is 48.0 Å². The van der Waals surface area contributed by atoms with Crippen molar-refractivity contribution in [2.45, 2.75) is 32.6 Å². The van der Waals surface area contributed by atoms with Crippen LogP contribution in [0.15, 0.2) is 57.8 Å². The molecular formula is C22H27N2O6PS. The molecule has 0 amide bonds. The molecule has 8 nitrogen and oxygen atoms in total. The van der Waals surface area contributed by atoms with Crippen LogP contribution < -0.4 is 4.67 Å². The molecule has 0 radical (unpaired) electrons. The number of aryl methyl sites for hydroxylation is 1. The van der Waals surface area contributed by atoms with Crippen LogP contribution in [0, 0.1) is 12.3 Å². The van der Waals surface area contributed by atoms with Crippen LogP contribution in [-0.4, -0.2) is 40.5 Å². The minimum Gasteiger partial charge on any atom is -0.465 e. The fourth-order valence-electron chi connectivity index (χ4n) is 2.89. The second kappa shape index (κ2) is 9.67. The molecule has 0 N–H and O–H groups in total. The van der Waals surface area contributed by atoms with Gasteiger partial charge in [-0.1, -0.05) is 31.5 Å². The lowest BCUT2D eigenvalue weighted by Crippen LogP contribution is -2.35. The summed E-state index contributed by atoms with van der Waals surface area (Å²) in [5, 5.41) is 0. The van der Waals surface area contributed by atoms with Crippen LogP contribution in [0.25, 0.3) is 0 Å². The maximum Gasteiger partial charge on any atom is 0.337 e. The number of anilines is 1. The Labute approximate surface area is 190 Å². The summed E-state index contributed by atoms with van der Waals surface area (Å²) < 4.78 is 48.2. The number of carbonyl (C=O) groups is 1. The summed E-state index contributed by atoms with van der Waals surface area (Å²) in [4.78, 5) is 11.9. The zero-order chi connectivity index (χ0) is 23.5. The van der Waals surface area contributed by atoms with Gasteiger partial charge < -0.3 is 13.8 Å². The fraction of sp³-hybridized carbons (Fsp3) is 0.364. The van der Waals surface area contributed by atoms with Gasteiger partial charge in [-0.25, -0.2) is 4.79 Å². The van der Waals surface area contributed by atoms with Gasteiger partial charge in [0.05, 0.1) is 36.5 Å². The molecule has 1 saturated heterocycles. The van der Waals surface area contributed by atoms with Crippen molar-refractivity contribution in [3.8, 4) is 0 Å². The highest BCUT2D eigenvalue weighted by Crippen LogP contribution is 2.51. The van der Waals surface area contributed by atoms with Crippen molar-refractivity contribution in [2.24, 2.45) is 9.81 Å². The third-order valence-corrected chi connectivity index (χ3v) is 7.62. The summed E-state index contributed by atoms with van der Waals surface area (Å²) in [5.74, 6) is -0.268. The maximum atomic E-state index is 12.9. The molecule has 1 aliphatic heterocycles. The van der Waals surface area contributed by atoms with Crippen LogP contribution in [0.4, 0.5) is 5.69 Å². The van der Waals surface area contributed by atoms with Gasteiger partial charge in [0.25, 0.3) is 18.5 Å². The van der Waals surface area contributed by atoms with Gasteiger partial charge >= 0.3 is 5.97 Å². The Hall–Kier alpha value is -2.32. The van der Waals surface area contributed by atoms with Crippen molar-refractivity contribution in [2.75, 3.05) is 25.0 Å². The van der Waals surface area contributed by atoms with Crippen molar-refractivity contribution < 1.29 is 27.0 Å². The number of nitrogens with zero attached hydrogens (tertiary/aromatic N) is 2. The summed E-state index contributed by atoms with van der Waals surface area (Å²) in [5.41, 5.74) is 1.76. The third-order valence-electron chi connectivity index (χ3n) is 4.71. The molecule has 32 heavy (non-hydrogen) atoms. The maximum absolute atomic E-state index is 12.9. The smallest absolute Gasteiger partial charge is 0.337 e. The van der Waals surface area contributed by atoms with Gasteiger partial charge in [-0.05, 0) is 50.2 Å². The van der Waals surface area contributed by atoms with Crippen LogP contribution in [0.1, 0.15) is 36.7 Å². The Bertz CT molecular complexity index is 1090. The number of rotatable bonds is 5. The van der Waals surface area contributed by atoms with E-state index in [-0.39, 0.29) is 16.1 Å². The monoisotopic (exact) mass is 478 g/mol. The highest BCUT2D eigenvalue weighted by atomic mass is 32.2. The number of amidine groups is 1. The zero-order valence-electron chi connectivity index (χ0n) is 18.7. The lowest BCUT2D eigenvalue weighted by Gasteiger charge is -2.38. The van der Waals surface area contributed by atoms with Crippen LogP contribution in [0.2, 0.25) is 0 Å². The Morgan fingerprint density at radius 3 is 2.16 bits per heavy atom. The largest absolute Gasteiger partial charge is 0.465 e. The first-order valence-corrected chi connectivity index (χ1v) is 12.5. The Morgan fingerprint density at radius 1 is 1.06 bits per heavy atom. The van der Waals surface area contributed by atoms with Crippen LogP contribution >= 0.6 is 8.53 Å². The highest BCUT2D eigenvalue weighted by molar-refractivity contribution is 7.90. The molecule has 1 heterocycles. The molecule has 0 bridgehead atoms. The number of hydrogen-bond acceptors (Lipinski definition) is 6. The molecule has 0 aliphatic carbocycles. The van der Waals surface area contributed by atoms with Crippen molar-refractivity contribution in [3.63, 3.8) is 0 Å². The van der Waals surface area contributed by atoms with Gasteiger partial charge in [0.2, 0.25) is 0 Å². The minimum atomic E-state index is -3.94. The van der Waals surface area contributed by atoms with Crippen molar-refractivity contribution in [3.05, 3.63) is 59.7 Å². The topological polar surface area (TPSA) is 94.5 Å². The van der Waals surface area contributed by atoms with Crippen LogP contribution in [0.3, 0.4) is 0 Å². The summed E-state index contributed by atoms with van der Waals surface area (Å²) >= 11 is 0. The molecule has 0 saturated carbocycles. The van der Waals surface area contributed by atoms with Gasteiger partial charge in [-0.2, -0.15) is 8.42 Å². The molecule has 1 fully saturated rings. The average Bonchev–Trinajstić information content (AvgIpc) is 2.75. The van der Waals surface area contributed by atoms with E-state index in [0.29, 0.717) is 24.5 Å². The number of methoxy groups -OCH3 is 1. The molecule has 10 heteroatoms. The second-order valence-corrected chi connectivity index (χ2v) is 11.2. The Balaban J connectivity index is 1.98. The van der Waals surface area contributed by atoms with Gasteiger partial charge in [-0.15, -0.1) is 4.40 Å². The van der Waals surface area contributed by atoms with E-state index in [1.165, 1.54) is 19.2 Å². The summed E-state index contributed by atoms with van der Waals surface area (Å²) in [6.07, 6.45) is 0. The molecule has 0 unspecified atom stereocenters.